The van der Waals surface area contributed by atoms with E-state index in [9.17, 15) is 18.0 Å². The number of methoxy groups -OCH3 is 1. The number of alkyl halides is 3. The van der Waals surface area contributed by atoms with Crippen LogP contribution in [0.1, 0.15) is 48.3 Å². The second-order valence-electron chi connectivity index (χ2n) is 11.1. The summed E-state index contributed by atoms with van der Waals surface area (Å²) in [7, 11) is 1.52. The molecule has 0 bridgehead atoms. The standard InChI is InChI=1S/C31H29ClF3N7O4/c1-18(39-45-12-9-27-37-40-41-38-27)20-13-22(15-24(14-20)44-2)36-28(19-3-5-21(32)6-4-19)29(43)42-17-30(10-11-30)25-8-7-23(16-26(25)42)46-31(33,34)35/h3-8,13-16,28,36H,9-12,17H2,1-2H3,(H,37,38,40,41). The van der Waals surface area contributed by atoms with Crippen LogP contribution in [0.4, 0.5) is 24.5 Å². The van der Waals surface area contributed by atoms with Gasteiger partial charge in [0.25, 0.3) is 5.91 Å². The molecule has 240 valence electrons. The van der Waals surface area contributed by atoms with Crippen molar-refractivity contribution < 1.29 is 32.3 Å². The summed E-state index contributed by atoms with van der Waals surface area (Å²) in [6.07, 6.45) is -2.79. The summed E-state index contributed by atoms with van der Waals surface area (Å²) < 4.78 is 49.0. The number of amides is 1. The van der Waals surface area contributed by atoms with E-state index in [1.807, 2.05) is 0 Å². The summed E-state index contributed by atoms with van der Waals surface area (Å²) in [5.41, 5.74) is 3.31. The van der Waals surface area contributed by atoms with Crippen LogP contribution < -0.4 is 19.7 Å². The summed E-state index contributed by atoms with van der Waals surface area (Å²) in [6, 6.07) is 15.4. The Morgan fingerprint density at radius 2 is 1.91 bits per heavy atom. The molecule has 3 aromatic carbocycles. The Morgan fingerprint density at radius 1 is 1.13 bits per heavy atom. The van der Waals surface area contributed by atoms with E-state index in [1.165, 1.54) is 19.2 Å². The van der Waals surface area contributed by atoms with Crippen molar-refractivity contribution in [2.75, 3.05) is 30.5 Å². The van der Waals surface area contributed by atoms with E-state index in [4.69, 9.17) is 21.2 Å². The lowest BCUT2D eigenvalue weighted by Gasteiger charge is -2.27. The highest BCUT2D eigenvalue weighted by molar-refractivity contribution is 6.30. The molecule has 2 aliphatic rings. The molecule has 4 aromatic rings. The Hall–Kier alpha value is -4.85. The number of tetrazole rings is 1. The maximum atomic E-state index is 14.4. The molecule has 1 saturated carbocycles. The Morgan fingerprint density at radius 3 is 2.59 bits per heavy atom. The normalized spacial score (nSPS) is 15.8. The van der Waals surface area contributed by atoms with Crippen LogP contribution in [-0.2, 0) is 21.5 Å². The van der Waals surface area contributed by atoms with E-state index in [2.05, 4.69) is 35.8 Å². The van der Waals surface area contributed by atoms with Crippen molar-refractivity contribution in [3.8, 4) is 11.5 Å². The van der Waals surface area contributed by atoms with Crippen LogP contribution in [0.5, 0.6) is 11.5 Å². The van der Waals surface area contributed by atoms with Crippen LogP contribution in [0.15, 0.2) is 65.8 Å². The van der Waals surface area contributed by atoms with Gasteiger partial charge in [-0.15, -0.1) is 23.4 Å². The minimum Gasteiger partial charge on any atom is -0.497 e. The summed E-state index contributed by atoms with van der Waals surface area (Å²) in [5.74, 6) is 0.262. The van der Waals surface area contributed by atoms with Crippen molar-refractivity contribution in [1.82, 2.24) is 20.6 Å². The van der Waals surface area contributed by atoms with Gasteiger partial charge < -0.3 is 24.5 Å². The number of anilines is 2. The smallest absolute Gasteiger partial charge is 0.497 e. The fraction of sp³-hybridized carbons (Fsp3) is 0.323. The van der Waals surface area contributed by atoms with Gasteiger partial charge >= 0.3 is 6.36 Å². The molecule has 2 heterocycles. The second kappa shape index (κ2) is 12.5. The van der Waals surface area contributed by atoms with Gasteiger partial charge in [0.2, 0.25) is 0 Å². The van der Waals surface area contributed by atoms with Gasteiger partial charge in [-0.1, -0.05) is 40.2 Å². The number of hydrogen-bond acceptors (Lipinski definition) is 9. The number of ether oxygens (including phenoxy) is 2. The molecule has 1 unspecified atom stereocenters. The predicted molar refractivity (Wildman–Crippen MR) is 163 cm³/mol. The summed E-state index contributed by atoms with van der Waals surface area (Å²) in [5, 5.41) is 21.7. The van der Waals surface area contributed by atoms with Crippen molar-refractivity contribution in [3.63, 3.8) is 0 Å². The number of H-pyrrole nitrogens is 1. The first-order valence-electron chi connectivity index (χ1n) is 14.4. The lowest BCUT2D eigenvalue weighted by atomic mass is 9.99. The molecule has 1 aromatic heterocycles. The highest BCUT2D eigenvalue weighted by Gasteiger charge is 2.54. The zero-order valence-corrected chi connectivity index (χ0v) is 25.5. The first kappa shape index (κ1) is 31.1. The van der Waals surface area contributed by atoms with E-state index >= 15 is 0 Å². The Labute approximate surface area is 266 Å². The van der Waals surface area contributed by atoms with Crippen LogP contribution in [0.3, 0.4) is 0 Å². The SMILES string of the molecule is COc1cc(NC(C(=O)N2CC3(CC3)c3ccc(OC(F)(F)F)cc32)c2ccc(Cl)cc2)cc(C(C)=NOCCc2nn[nH]n2)c1. The van der Waals surface area contributed by atoms with E-state index in [0.29, 0.717) is 57.8 Å². The van der Waals surface area contributed by atoms with Crippen molar-refractivity contribution in [2.45, 2.75) is 44.0 Å². The number of carbonyl (C=O) groups is 1. The molecule has 0 saturated heterocycles. The first-order valence-corrected chi connectivity index (χ1v) is 14.7. The lowest BCUT2D eigenvalue weighted by molar-refractivity contribution is -0.274. The van der Waals surface area contributed by atoms with Gasteiger partial charge in [-0.2, -0.15) is 5.21 Å². The van der Waals surface area contributed by atoms with Gasteiger partial charge in [0.1, 0.15) is 24.1 Å². The number of rotatable bonds is 11. The van der Waals surface area contributed by atoms with Crippen LogP contribution >= 0.6 is 11.6 Å². The average molecular weight is 656 g/mol. The summed E-state index contributed by atoms with van der Waals surface area (Å²) >= 11 is 6.17. The molecular weight excluding hydrogens is 627 g/mol. The van der Waals surface area contributed by atoms with Crippen LogP contribution in [-0.4, -0.2) is 58.9 Å². The molecule has 1 aliphatic heterocycles. The number of nitrogens with zero attached hydrogens (tertiary/aromatic N) is 5. The number of hydrogen-bond donors (Lipinski definition) is 2. The molecule has 1 fully saturated rings. The van der Waals surface area contributed by atoms with Crippen molar-refractivity contribution >= 4 is 34.6 Å². The molecule has 2 N–H and O–H groups in total. The van der Waals surface area contributed by atoms with Gasteiger partial charge in [0, 0.05) is 46.8 Å². The number of carbonyl (C=O) groups excluding carboxylic acids is 1. The highest BCUT2D eigenvalue weighted by Crippen LogP contribution is 2.57. The molecule has 0 radical (unpaired) electrons. The van der Waals surface area contributed by atoms with Gasteiger partial charge in [-0.25, -0.2) is 0 Å². The third-order valence-electron chi connectivity index (χ3n) is 7.97. The molecule has 11 nitrogen and oxygen atoms in total. The van der Waals surface area contributed by atoms with Gasteiger partial charge in [0.15, 0.2) is 5.82 Å². The third-order valence-corrected chi connectivity index (χ3v) is 8.23. The molecular formula is C31H29ClF3N7O4. The molecule has 6 rings (SSSR count). The Bertz CT molecular complexity index is 1750. The lowest BCUT2D eigenvalue weighted by Crippen LogP contribution is -2.38. The van der Waals surface area contributed by atoms with Crippen LogP contribution in [0.25, 0.3) is 0 Å². The minimum atomic E-state index is -4.86. The maximum Gasteiger partial charge on any atom is 0.573 e. The highest BCUT2D eigenvalue weighted by atomic mass is 35.5. The maximum absolute atomic E-state index is 14.4. The van der Waals surface area contributed by atoms with Gasteiger partial charge in [0.05, 0.1) is 18.5 Å². The third kappa shape index (κ3) is 6.86. The Kier molecular flexibility index (Phi) is 8.47. The first-order chi connectivity index (χ1) is 22.0. The van der Waals surface area contributed by atoms with E-state index in [0.717, 1.165) is 18.4 Å². The largest absolute Gasteiger partial charge is 0.573 e. The molecule has 46 heavy (non-hydrogen) atoms. The van der Waals surface area contributed by atoms with Gasteiger partial charge in [-0.05, 0) is 61.2 Å². The van der Waals surface area contributed by atoms with E-state index < -0.39 is 12.4 Å². The van der Waals surface area contributed by atoms with Crippen LogP contribution in [0, 0.1) is 0 Å². The predicted octanol–water partition coefficient (Wildman–Crippen LogP) is 5.98. The fourth-order valence-corrected chi connectivity index (χ4v) is 5.65. The van der Waals surface area contributed by atoms with Crippen molar-refractivity contribution in [3.05, 3.63) is 88.2 Å². The zero-order valence-electron chi connectivity index (χ0n) is 24.8. The van der Waals surface area contributed by atoms with Gasteiger partial charge in [-0.3, -0.25) is 4.79 Å². The molecule has 1 amide bonds. The second-order valence-corrected chi connectivity index (χ2v) is 11.5. The topological polar surface area (TPSA) is 127 Å². The summed E-state index contributed by atoms with van der Waals surface area (Å²) in [4.78, 5) is 21.4. The quantitative estimate of drug-likeness (QED) is 0.115. The molecule has 1 spiro atoms. The number of aromatic nitrogens is 4. The molecule has 1 aliphatic carbocycles. The van der Waals surface area contributed by atoms with Crippen molar-refractivity contribution in [1.29, 1.82) is 0 Å². The number of halogens is 4. The van der Waals surface area contributed by atoms with Crippen LogP contribution in [0.2, 0.25) is 5.02 Å². The molecule has 15 heteroatoms. The molecule has 1 atom stereocenters. The number of aromatic amines is 1. The number of nitrogens with one attached hydrogen (secondary N) is 2. The van der Waals surface area contributed by atoms with E-state index in [-0.39, 0.29) is 23.7 Å². The zero-order chi connectivity index (χ0) is 32.5. The number of oxime groups is 1. The van der Waals surface area contributed by atoms with Crippen molar-refractivity contribution in [2.24, 2.45) is 5.16 Å². The minimum absolute atomic E-state index is 0.230. The number of fused-ring (bicyclic) bond motifs is 2. The monoisotopic (exact) mass is 655 g/mol. The number of benzene rings is 3. The fourth-order valence-electron chi connectivity index (χ4n) is 5.52. The average Bonchev–Trinajstić information content (AvgIpc) is 3.48. The Balaban J connectivity index is 1.30. The summed E-state index contributed by atoms with van der Waals surface area (Å²) in [6.45, 7) is 2.35. The van der Waals surface area contributed by atoms with E-state index in [1.54, 1.807) is 60.4 Å².